The molecule has 0 radical (unpaired) electrons. The molecule has 1 aromatic heterocycles. The summed E-state index contributed by atoms with van der Waals surface area (Å²) in [4.78, 5) is 8.26. The van der Waals surface area contributed by atoms with Gasteiger partial charge in [-0.15, -0.1) is 0 Å². The predicted octanol–water partition coefficient (Wildman–Crippen LogP) is 1.86. The third-order valence-electron chi connectivity index (χ3n) is 3.00. The quantitative estimate of drug-likeness (QED) is 0.848. The molecule has 6 nitrogen and oxygen atoms in total. The Bertz CT molecular complexity index is 395. The van der Waals surface area contributed by atoms with Crippen LogP contribution < -0.4 is 14.8 Å². The Labute approximate surface area is 113 Å². The van der Waals surface area contributed by atoms with Crippen molar-refractivity contribution in [1.82, 2.24) is 9.97 Å². The summed E-state index contributed by atoms with van der Waals surface area (Å²) in [6.45, 7) is 4.08. The van der Waals surface area contributed by atoms with Crippen LogP contribution in [0, 0.1) is 0 Å². The van der Waals surface area contributed by atoms with Gasteiger partial charge in [-0.3, -0.25) is 0 Å². The third kappa shape index (κ3) is 3.70. The summed E-state index contributed by atoms with van der Waals surface area (Å²) in [6.07, 6.45) is 4.98. The topological polar surface area (TPSA) is 65.5 Å². The molecular weight excluding hydrogens is 246 g/mol. The molecule has 1 aliphatic heterocycles. The Morgan fingerprint density at radius 3 is 3.00 bits per heavy atom. The minimum absolute atomic E-state index is 0.149. The molecule has 0 spiro atoms. The van der Waals surface area contributed by atoms with Crippen molar-refractivity contribution >= 4 is 5.82 Å². The van der Waals surface area contributed by atoms with Gasteiger partial charge in [0.25, 0.3) is 5.88 Å². The molecule has 19 heavy (non-hydrogen) atoms. The van der Waals surface area contributed by atoms with E-state index in [1.807, 2.05) is 6.92 Å². The Morgan fingerprint density at radius 1 is 1.42 bits per heavy atom. The predicted molar refractivity (Wildman–Crippen MR) is 71.8 cm³/mol. The molecule has 6 heteroatoms. The van der Waals surface area contributed by atoms with Gasteiger partial charge in [0.1, 0.15) is 12.9 Å². The van der Waals surface area contributed by atoms with Gasteiger partial charge in [0, 0.05) is 13.2 Å². The summed E-state index contributed by atoms with van der Waals surface area (Å²) >= 11 is 0. The zero-order valence-corrected chi connectivity index (χ0v) is 11.5. The van der Waals surface area contributed by atoms with E-state index in [-0.39, 0.29) is 6.10 Å². The molecule has 2 rings (SSSR count). The highest BCUT2D eigenvalue weighted by Gasteiger charge is 2.18. The van der Waals surface area contributed by atoms with Crippen LogP contribution in [0.2, 0.25) is 0 Å². The van der Waals surface area contributed by atoms with Gasteiger partial charge in [-0.05, 0) is 26.2 Å². The minimum atomic E-state index is 0.149. The van der Waals surface area contributed by atoms with Crippen LogP contribution in [-0.2, 0) is 4.74 Å². The largest absolute Gasteiger partial charge is 0.489 e. The van der Waals surface area contributed by atoms with E-state index in [0.29, 0.717) is 24.1 Å². The van der Waals surface area contributed by atoms with Crippen molar-refractivity contribution in [2.75, 3.05) is 32.2 Å². The van der Waals surface area contributed by atoms with Crippen molar-refractivity contribution < 1.29 is 14.2 Å². The lowest BCUT2D eigenvalue weighted by Crippen LogP contribution is -2.26. The first-order chi connectivity index (χ1) is 9.35. The van der Waals surface area contributed by atoms with Crippen LogP contribution in [-0.4, -0.2) is 42.9 Å². The van der Waals surface area contributed by atoms with Gasteiger partial charge in [0.15, 0.2) is 5.82 Å². The second-order valence-corrected chi connectivity index (χ2v) is 4.39. The molecule has 1 unspecified atom stereocenters. The van der Waals surface area contributed by atoms with E-state index < -0.39 is 0 Å². The number of methoxy groups -OCH3 is 1. The number of anilines is 1. The molecule has 1 N–H and O–H groups in total. The number of ether oxygens (including phenoxy) is 3. The van der Waals surface area contributed by atoms with Crippen molar-refractivity contribution in [3.05, 3.63) is 6.33 Å². The van der Waals surface area contributed by atoms with Crippen molar-refractivity contribution in [1.29, 1.82) is 0 Å². The van der Waals surface area contributed by atoms with Crippen LogP contribution in [0.3, 0.4) is 0 Å². The van der Waals surface area contributed by atoms with E-state index >= 15 is 0 Å². The van der Waals surface area contributed by atoms with Gasteiger partial charge in [-0.2, -0.15) is 4.98 Å². The van der Waals surface area contributed by atoms with Gasteiger partial charge in [0.2, 0.25) is 5.75 Å². The summed E-state index contributed by atoms with van der Waals surface area (Å²) in [5.74, 6) is 1.65. The summed E-state index contributed by atoms with van der Waals surface area (Å²) < 4.78 is 16.7. The van der Waals surface area contributed by atoms with Crippen molar-refractivity contribution in [2.24, 2.45) is 0 Å². The SMILES string of the molecule is CCNc1ncnc(OCC2CCCCO2)c1OC. The van der Waals surface area contributed by atoms with Gasteiger partial charge in [-0.25, -0.2) is 4.98 Å². The summed E-state index contributed by atoms with van der Waals surface area (Å²) in [5.41, 5.74) is 0. The first kappa shape index (κ1) is 13.9. The fraction of sp³-hybridized carbons (Fsp3) is 0.692. The zero-order chi connectivity index (χ0) is 13.5. The normalized spacial score (nSPS) is 18.9. The molecule has 1 atom stereocenters. The smallest absolute Gasteiger partial charge is 0.262 e. The van der Waals surface area contributed by atoms with Crippen LogP contribution >= 0.6 is 0 Å². The molecule has 0 amide bonds. The van der Waals surface area contributed by atoms with E-state index in [9.17, 15) is 0 Å². The van der Waals surface area contributed by atoms with Crippen LogP contribution in [0.5, 0.6) is 11.6 Å². The fourth-order valence-electron chi connectivity index (χ4n) is 2.05. The highest BCUT2D eigenvalue weighted by atomic mass is 16.5. The second-order valence-electron chi connectivity index (χ2n) is 4.39. The van der Waals surface area contributed by atoms with Crippen LogP contribution in [0.25, 0.3) is 0 Å². The van der Waals surface area contributed by atoms with Gasteiger partial charge >= 0.3 is 0 Å². The van der Waals surface area contributed by atoms with Gasteiger partial charge < -0.3 is 19.5 Å². The van der Waals surface area contributed by atoms with Gasteiger partial charge in [-0.1, -0.05) is 0 Å². The lowest BCUT2D eigenvalue weighted by atomic mass is 10.1. The Hall–Kier alpha value is -1.56. The molecule has 1 saturated heterocycles. The molecule has 0 aliphatic carbocycles. The van der Waals surface area contributed by atoms with E-state index in [2.05, 4.69) is 15.3 Å². The second kappa shape index (κ2) is 7.13. The lowest BCUT2D eigenvalue weighted by molar-refractivity contribution is -0.0124. The Kier molecular flexibility index (Phi) is 5.20. The van der Waals surface area contributed by atoms with Gasteiger partial charge in [0.05, 0.1) is 13.2 Å². The maximum atomic E-state index is 5.71. The summed E-state index contributed by atoms with van der Waals surface area (Å²) in [5, 5.41) is 3.12. The molecule has 2 heterocycles. The molecule has 106 valence electrons. The molecule has 0 saturated carbocycles. The number of rotatable bonds is 6. The van der Waals surface area contributed by atoms with E-state index in [0.717, 1.165) is 26.0 Å². The van der Waals surface area contributed by atoms with E-state index in [1.165, 1.54) is 12.7 Å². The lowest BCUT2D eigenvalue weighted by Gasteiger charge is -2.22. The summed E-state index contributed by atoms with van der Waals surface area (Å²) in [7, 11) is 1.59. The average Bonchev–Trinajstić information content (AvgIpc) is 2.46. The highest BCUT2D eigenvalue weighted by Crippen LogP contribution is 2.31. The van der Waals surface area contributed by atoms with E-state index in [4.69, 9.17) is 14.2 Å². The first-order valence-electron chi connectivity index (χ1n) is 6.72. The molecule has 1 aromatic rings. The van der Waals surface area contributed by atoms with Crippen LogP contribution in [0.4, 0.5) is 5.82 Å². The highest BCUT2D eigenvalue weighted by molar-refractivity contribution is 5.54. The first-order valence-corrected chi connectivity index (χ1v) is 6.72. The molecular formula is C13H21N3O3. The maximum absolute atomic E-state index is 5.71. The molecule has 1 aliphatic rings. The molecule has 0 bridgehead atoms. The zero-order valence-electron chi connectivity index (χ0n) is 11.5. The number of aromatic nitrogens is 2. The minimum Gasteiger partial charge on any atom is -0.489 e. The van der Waals surface area contributed by atoms with Crippen molar-refractivity contribution in [2.45, 2.75) is 32.3 Å². The van der Waals surface area contributed by atoms with Crippen LogP contribution in [0.1, 0.15) is 26.2 Å². The van der Waals surface area contributed by atoms with Crippen molar-refractivity contribution in [3.8, 4) is 11.6 Å². The number of hydrogen-bond acceptors (Lipinski definition) is 6. The monoisotopic (exact) mass is 267 g/mol. The van der Waals surface area contributed by atoms with Crippen LogP contribution in [0.15, 0.2) is 6.33 Å². The standard InChI is InChI=1S/C13H21N3O3/c1-3-14-12-11(17-2)13(16-9-15-12)19-8-10-6-4-5-7-18-10/h9-10H,3-8H2,1-2H3,(H,14,15,16). The number of nitrogens with one attached hydrogen (secondary N) is 1. The van der Waals surface area contributed by atoms with E-state index in [1.54, 1.807) is 7.11 Å². The third-order valence-corrected chi connectivity index (χ3v) is 3.00. The molecule has 0 aromatic carbocycles. The maximum Gasteiger partial charge on any atom is 0.262 e. The Balaban J connectivity index is 2.00. The summed E-state index contributed by atoms with van der Waals surface area (Å²) in [6, 6.07) is 0. The molecule has 1 fully saturated rings. The Morgan fingerprint density at radius 2 is 2.32 bits per heavy atom. The fourth-order valence-corrected chi connectivity index (χ4v) is 2.05. The number of hydrogen-bond donors (Lipinski definition) is 1. The van der Waals surface area contributed by atoms with Crippen molar-refractivity contribution in [3.63, 3.8) is 0 Å². The number of nitrogens with zero attached hydrogens (tertiary/aromatic N) is 2. The average molecular weight is 267 g/mol.